The van der Waals surface area contributed by atoms with Crippen LogP contribution in [0.4, 0.5) is 4.39 Å². The average Bonchev–Trinajstić information content (AvgIpc) is 3.39. The van der Waals surface area contributed by atoms with E-state index in [-0.39, 0.29) is 23.7 Å². The van der Waals surface area contributed by atoms with Crippen molar-refractivity contribution < 1.29 is 13.8 Å². The van der Waals surface area contributed by atoms with Crippen LogP contribution >= 0.6 is 0 Å². The van der Waals surface area contributed by atoms with Crippen molar-refractivity contribution in [2.75, 3.05) is 13.1 Å². The van der Waals surface area contributed by atoms with E-state index in [0.717, 1.165) is 17.0 Å². The first kappa shape index (κ1) is 21.8. The highest BCUT2D eigenvalue weighted by Gasteiger charge is 2.31. The highest BCUT2D eigenvalue weighted by Crippen LogP contribution is 2.26. The van der Waals surface area contributed by atoms with Crippen molar-refractivity contribution in [3.63, 3.8) is 0 Å². The third-order valence-corrected chi connectivity index (χ3v) is 6.07. The van der Waals surface area contributed by atoms with Crippen LogP contribution in [0.5, 0.6) is 0 Å². The number of rotatable bonds is 4. The number of benzene rings is 1. The number of amides is 1. The number of carbonyl (C=O) groups excluding carboxylic acids is 1. The summed E-state index contributed by atoms with van der Waals surface area (Å²) in [5.41, 5.74) is 8.39. The van der Waals surface area contributed by atoms with Gasteiger partial charge in [-0.25, -0.2) is 19.7 Å². The summed E-state index contributed by atoms with van der Waals surface area (Å²) in [6, 6.07) is 4.87. The first-order valence-corrected chi connectivity index (χ1v) is 10.8. The van der Waals surface area contributed by atoms with Gasteiger partial charge in [0.05, 0.1) is 23.9 Å². The Balaban J connectivity index is 1.21. The second-order valence-electron chi connectivity index (χ2n) is 8.26. The van der Waals surface area contributed by atoms with Gasteiger partial charge in [-0.05, 0) is 30.5 Å². The summed E-state index contributed by atoms with van der Waals surface area (Å²) in [6.45, 7) is 3.11. The average molecular weight is 464 g/mol. The molecule has 1 aromatic carbocycles. The van der Waals surface area contributed by atoms with Gasteiger partial charge in [-0.1, -0.05) is 0 Å². The number of nitrogens with zero attached hydrogens (tertiary/aromatic N) is 5. The number of halogens is 1. The molecular weight excluding hydrogens is 439 g/mol. The summed E-state index contributed by atoms with van der Waals surface area (Å²) in [6.07, 6.45) is 10.8. The fourth-order valence-electron chi connectivity index (χ4n) is 4.18. The Morgan fingerprint density at radius 1 is 1.35 bits per heavy atom. The van der Waals surface area contributed by atoms with E-state index in [1.807, 2.05) is 17.2 Å². The summed E-state index contributed by atoms with van der Waals surface area (Å²) >= 11 is 0. The van der Waals surface area contributed by atoms with E-state index in [0.29, 0.717) is 25.1 Å². The zero-order valence-corrected chi connectivity index (χ0v) is 18.4. The van der Waals surface area contributed by atoms with E-state index < -0.39 is 5.82 Å². The Hall–Kier alpha value is -4.05. The summed E-state index contributed by atoms with van der Waals surface area (Å²) in [4.78, 5) is 14.8. The van der Waals surface area contributed by atoms with Gasteiger partial charge in [0.25, 0.3) is 0 Å². The molecule has 0 aliphatic carbocycles. The third-order valence-electron chi connectivity index (χ3n) is 6.07. The van der Waals surface area contributed by atoms with Crippen molar-refractivity contribution >= 4 is 24.2 Å². The minimum absolute atomic E-state index is 0.00538. The Bertz CT molecular complexity index is 1200. The lowest BCUT2D eigenvalue weighted by molar-refractivity contribution is -0.380. The molecule has 1 fully saturated rings. The molecule has 1 amide bonds. The minimum Gasteiger partial charge on any atom is -0.358 e. The smallest absolute Gasteiger partial charge is 0.358 e. The molecule has 0 saturated carbocycles. The molecule has 12 heteroatoms. The molecule has 0 radical (unpaired) electrons. The quantitative estimate of drug-likeness (QED) is 0.390. The van der Waals surface area contributed by atoms with Crippen LogP contribution in [0.3, 0.4) is 0 Å². The topological polar surface area (TPSA) is 123 Å². The van der Waals surface area contributed by atoms with E-state index in [4.69, 9.17) is 0 Å². The van der Waals surface area contributed by atoms with Crippen molar-refractivity contribution in [2.24, 2.45) is 11.0 Å². The maximum atomic E-state index is 13.9. The number of hydrogen-bond donors (Lipinski definition) is 5. The Labute approximate surface area is 195 Å². The Morgan fingerprint density at radius 2 is 2.18 bits per heavy atom. The molecule has 4 aliphatic rings. The lowest BCUT2D eigenvalue weighted by Crippen LogP contribution is -2.63. The molecule has 4 heterocycles. The number of carbonyl (C=O) groups is 1. The first-order chi connectivity index (χ1) is 16.5. The lowest BCUT2D eigenvalue weighted by Gasteiger charge is -2.34. The molecule has 34 heavy (non-hydrogen) atoms. The molecular formula is C22H24FN10O+. The van der Waals surface area contributed by atoms with Crippen LogP contribution < -0.4 is 27.0 Å². The van der Waals surface area contributed by atoms with Gasteiger partial charge < -0.3 is 10.2 Å². The predicted molar refractivity (Wildman–Crippen MR) is 122 cm³/mol. The monoisotopic (exact) mass is 463 g/mol. The van der Waals surface area contributed by atoms with Gasteiger partial charge in [-0.3, -0.25) is 10.6 Å². The SMILES string of the molecule is Cc1c(C2=CN3C=C[N+](C(=O)CC4CNC(N5C=NNN5)NC4)=CC3=CN2)ccc(F)c1C#N. The van der Waals surface area contributed by atoms with Crippen LogP contribution in [0.25, 0.3) is 5.70 Å². The van der Waals surface area contributed by atoms with E-state index in [9.17, 15) is 14.4 Å². The third kappa shape index (κ3) is 4.15. The molecule has 5 rings (SSSR count). The van der Waals surface area contributed by atoms with Crippen LogP contribution in [0.2, 0.25) is 0 Å². The van der Waals surface area contributed by atoms with Gasteiger partial charge in [0.1, 0.15) is 23.9 Å². The van der Waals surface area contributed by atoms with Gasteiger partial charge >= 0.3 is 5.91 Å². The van der Waals surface area contributed by atoms with Crippen LogP contribution in [0.1, 0.15) is 23.1 Å². The van der Waals surface area contributed by atoms with Crippen molar-refractivity contribution in [1.82, 2.24) is 36.9 Å². The first-order valence-electron chi connectivity index (χ1n) is 10.8. The molecule has 5 N–H and O–H groups in total. The second-order valence-corrected chi connectivity index (χ2v) is 8.26. The molecule has 1 aromatic rings. The molecule has 0 atom stereocenters. The van der Waals surface area contributed by atoms with Gasteiger partial charge in [0, 0.05) is 31.1 Å². The predicted octanol–water partition coefficient (Wildman–Crippen LogP) is -0.104. The van der Waals surface area contributed by atoms with Crippen LogP contribution in [0, 0.1) is 30.0 Å². The highest BCUT2D eigenvalue weighted by atomic mass is 19.1. The maximum Gasteiger partial charge on any atom is 0.392 e. The molecule has 0 bridgehead atoms. The Morgan fingerprint density at radius 3 is 2.91 bits per heavy atom. The van der Waals surface area contributed by atoms with E-state index in [1.165, 1.54) is 6.07 Å². The molecule has 1 saturated heterocycles. The molecule has 0 spiro atoms. The largest absolute Gasteiger partial charge is 0.392 e. The molecule has 0 aromatic heterocycles. The zero-order chi connectivity index (χ0) is 23.7. The summed E-state index contributed by atoms with van der Waals surface area (Å²) in [7, 11) is 0. The van der Waals surface area contributed by atoms with Gasteiger partial charge in [0.2, 0.25) is 6.21 Å². The van der Waals surface area contributed by atoms with Crippen LogP contribution in [0.15, 0.2) is 47.7 Å². The lowest BCUT2D eigenvalue weighted by atomic mass is 9.99. The summed E-state index contributed by atoms with van der Waals surface area (Å²) in [5.74, 6) is -0.389. The van der Waals surface area contributed by atoms with Crippen LogP contribution in [-0.2, 0) is 4.79 Å². The van der Waals surface area contributed by atoms with Gasteiger partial charge in [0.15, 0.2) is 12.5 Å². The van der Waals surface area contributed by atoms with E-state index in [1.54, 1.807) is 53.7 Å². The number of hydrazone groups is 1. The summed E-state index contributed by atoms with van der Waals surface area (Å²) < 4.78 is 15.5. The second kappa shape index (κ2) is 9.06. The van der Waals surface area contributed by atoms with Crippen molar-refractivity contribution in [3.05, 3.63) is 65.1 Å². The number of fused-ring (bicyclic) bond motifs is 1. The minimum atomic E-state index is -0.533. The van der Waals surface area contributed by atoms with Crippen molar-refractivity contribution in [2.45, 2.75) is 19.6 Å². The number of hydrogen-bond acceptors (Lipinski definition) is 10. The number of allylic oxidation sites excluding steroid dienone is 1. The number of nitriles is 1. The molecule has 0 unspecified atom stereocenters. The fraction of sp³-hybridized carbons (Fsp3) is 0.273. The molecule has 174 valence electrons. The zero-order valence-electron chi connectivity index (χ0n) is 18.4. The maximum absolute atomic E-state index is 13.9. The normalized spacial score (nSPS) is 23.3. The number of nitrogens with one attached hydrogen (secondary N) is 5. The molecule has 11 nitrogen and oxygen atoms in total. The summed E-state index contributed by atoms with van der Waals surface area (Å²) in [5, 5.41) is 24.8. The van der Waals surface area contributed by atoms with Crippen molar-refractivity contribution in [1.29, 1.82) is 5.26 Å². The van der Waals surface area contributed by atoms with E-state index >= 15 is 0 Å². The van der Waals surface area contributed by atoms with Gasteiger partial charge in [-0.2, -0.15) is 10.4 Å². The van der Waals surface area contributed by atoms with Crippen molar-refractivity contribution in [3.8, 4) is 6.07 Å². The molecule has 4 aliphatic heterocycles. The Kier molecular flexibility index (Phi) is 5.81. The van der Waals surface area contributed by atoms with Crippen LogP contribution in [-0.4, -0.2) is 52.3 Å². The number of hydrazine groups is 2. The highest BCUT2D eigenvalue weighted by molar-refractivity contribution is 5.84. The fourth-order valence-corrected chi connectivity index (χ4v) is 4.18. The van der Waals surface area contributed by atoms with Gasteiger partial charge in [-0.15, -0.1) is 10.1 Å². The standard InChI is InChI=1S/C22H23FN10O/c1-14-17(2-3-19(23)18(14)7-24)20-12-31-4-5-32(11-16(31)10-25-20)21(34)6-15-8-26-22(27-9-15)33-13-28-29-30-33/h2-5,10-13,15,22,26-27,29-30H,6,8-9H2,1H3/p+1. The van der Waals surface area contributed by atoms with E-state index in [2.05, 4.69) is 32.1 Å².